The summed E-state index contributed by atoms with van der Waals surface area (Å²) in [6, 6.07) is 30.4. The van der Waals surface area contributed by atoms with E-state index in [4.69, 9.17) is 9.47 Å². The molecule has 0 atom stereocenters. The molecule has 7 heteroatoms. The van der Waals surface area contributed by atoms with Crippen molar-refractivity contribution in [1.82, 2.24) is 4.57 Å². The third-order valence-corrected chi connectivity index (χ3v) is 5.61. The summed E-state index contributed by atoms with van der Waals surface area (Å²) in [7, 11) is 0. The van der Waals surface area contributed by atoms with Crippen molar-refractivity contribution in [3.8, 4) is 17.4 Å². The molecule has 0 aliphatic rings. The fourth-order valence-electron chi connectivity index (χ4n) is 3.96. The highest BCUT2D eigenvalue weighted by Crippen LogP contribution is 2.38. The number of ether oxygens (including phenoxy) is 2. The zero-order valence-electron chi connectivity index (χ0n) is 18.9. The maximum absolute atomic E-state index is 12.2. The monoisotopic (exact) mass is 465 g/mol. The molecule has 1 N–H and O–H groups in total. The second-order valence-corrected chi connectivity index (χ2v) is 7.86. The molecule has 1 amide bonds. The van der Waals surface area contributed by atoms with Gasteiger partial charge in [-0.3, -0.25) is 4.79 Å². The van der Waals surface area contributed by atoms with Gasteiger partial charge in [-0.1, -0.05) is 72.8 Å². The number of hydrogen-bond donors (Lipinski definition) is 1. The topological polar surface area (TPSA) is 85.4 Å². The molecule has 5 rings (SSSR count). The van der Waals surface area contributed by atoms with E-state index >= 15 is 0 Å². The Bertz CT molecular complexity index is 1500. The van der Waals surface area contributed by atoms with E-state index in [2.05, 4.69) is 10.2 Å². The number of amides is 1. The summed E-state index contributed by atoms with van der Waals surface area (Å²) in [6.45, 7) is 0.475. The Morgan fingerprint density at radius 1 is 0.800 bits per heavy atom. The SMILES string of the molecule is O=C(COc1ccccc1)N=Nc1c(O)n(CCOc2cccc3ccccc23)c2ccccc12. The second-order valence-electron chi connectivity index (χ2n) is 7.86. The van der Waals surface area contributed by atoms with Crippen molar-refractivity contribution >= 4 is 33.3 Å². The average Bonchev–Trinajstić information content (AvgIpc) is 3.17. The van der Waals surface area contributed by atoms with Crippen molar-refractivity contribution < 1.29 is 19.4 Å². The van der Waals surface area contributed by atoms with Crippen LogP contribution in [-0.2, 0) is 11.3 Å². The van der Waals surface area contributed by atoms with Gasteiger partial charge in [-0.25, -0.2) is 0 Å². The summed E-state index contributed by atoms with van der Waals surface area (Å²) in [5, 5.41) is 21.5. The molecule has 0 fully saturated rings. The third-order valence-electron chi connectivity index (χ3n) is 5.61. The Hall–Kier alpha value is -4.65. The Labute approximate surface area is 201 Å². The summed E-state index contributed by atoms with van der Waals surface area (Å²) in [6.07, 6.45) is 0. The molecule has 0 spiro atoms. The van der Waals surface area contributed by atoms with Crippen LogP contribution in [0.2, 0.25) is 0 Å². The lowest BCUT2D eigenvalue weighted by Gasteiger charge is -2.11. The first kappa shape index (κ1) is 22.2. The summed E-state index contributed by atoms with van der Waals surface area (Å²) >= 11 is 0. The minimum atomic E-state index is -0.552. The molecule has 174 valence electrons. The number of para-hydroxylation sites is 2. The first-order valence-corrected chi connectivity index (χ1v) is 11.2. The quantitative estimate of drug-likeness (QED) is 0.274. The van der Waals surface area contributed by atoms with Crippen molar-refractivity contribution in [3.05, 3.63) is 97.1 Å². The zero-order valence-corrected chi connectivity index (χ0v) is 18.9. The molecule has 0 aliphatic heterocycles. The van der Waals surface area contributed by atoms with E-state index in [1.54, 1.807) is 16.7 Å². The largest absolute Gasteiger partial charge is 0.493 e. The lowest BCUT2D eigenvalue weighted by atomic mass is 10.1. The molecule has 0 saturated carbocycles. The van der Waals surface area contributed by atoms with Gasteiger partial charge in [0.15, 0.2) is 12.3 Å². The van der Waals surface area contributed by atoms with Crippen LogP contribution < -0.4 is 9.47 Å². The molecule has 0 radical (unpaired) electrons. The van der Waals surface area contributed by atoms with E-state index in [0.29, 0.717) is 24.3 Å². The number of fused-ring (bicyclic) bond motifs is 2. The molecule has 5 aromatic rings. The molecular weight excluding hydrogens is 442 g/mol. The Morgan fingerprint density at radius 2 is 1.51 bits per heavy atom. The maximum atomic E-state index is 12.2. The smallest absolute Gasteiger partial charge is 0.302 e. The van der Waals surface area contributed by atoms with E-state index in [1.807, 2.05) is 84.9 Å². The molecule has 4 aromatic carbocycles. The minimum Gasteiger partial charge on any atom is -0.493 e. The number of benzene rings is 4. The molecule has 7 nitrogen and oxygen atoms in total. The van der Waals surface area contributed by atoms with Crippen LogP contribution in [0.25, 0.3) is 21.7 Å². The van der Waals surface area contributed by atoms with Crippen LogP contribution in [0.1, 0.15) is 0 Å². The molecule has 0 unspecified atom stereocenters. The van der Waals surface area contributed by atoms with Gasteiger partial charge in [0.1, 0.15) is 18.1 Å². The zero-order chi connectivity index (χ0) is 24.0. The van der Waals surface area contributed by atoms with Crippen molar-refractivity contribution in [2.24, 2.45) is 10.2 Å². The number of aromatic nitrogens is 1. The number of carbonyl (C=O) groups excluding carboxylic acids is 1. The first-order valence-electron chi connectivity index (χ1n) is 11.2. The molecule has 0 saturated heterocycles. The molecule has 1 aromatic heterocycles. The minimum absolute atomic E-state index is 0.0757. The van der Waals surface area contributed by atoms with Crippen LogP contribution >= 0.6 is 0 Å². The summed E-state index contributed by atoms with van der Waals surface area (Å²) in [5.74, 6) is 0.724. The van der Waals surface area contributed by atoms with E-state index < -0.39 is 5.91 Å². The normalized spacial score (nSPS) is 11.3. The molecule has 0 bridgehead atoms. The third kappa shape index (κ3) is 4.84. The van der Waals surface area contributed by atoms with Gasteiger partial charge in [0.25, 0.3) is 0 Å². The highest BCUT2D eigenvalue weighted by molar-refractivity contribution is 5.95. The van der Waals surface area contributed by atoms with Crippen LogP contribution in [0.15, 0.2) is 107 Å². The van der Waals surface area contributed by atoms with Gasteiger partial charge >= 0.3 is 5.91 Å². The van der Waals surface area contributed by atoms with Crippen LogP contribution in [0, 0.1) is 0 Å². The van der Waals surface area contributed by atoms with Gasteiger partial charge in [0, 0.05) is 10.8 Å². The molecular formula is C28H23N3O4. The number of hydrogen-bond acceptors (Lipinski definition) is 5. The lowest BCUT2D eigenvalue weighted by Crippen LogP contribution is -2.08. The van der Waals surface area contributed by atoms with Gasteiger partial charge < -0.3 is 19.1 Å². The fourth-order valence-corrected chi connectivity index (χ4v) is 3.96. The van der Waals surface area contributed by atoms with Gasteiger partial charge in [-0.2, -0.15) is 0 Å². The van der Waals surface area contributed by atoms with Crippen molar-refractivity contribution in [3.63, 3.8) is 0 Å². The fraction of sp³-hybridized carbons (Fsp3) is 0.107. The second kappa shape index (κ2) is 10.1. The Morgan fingerprint density at radius 3 is 2.37 bits per heavy atom. The van der Waals surface area contributed by atoms with Crippen molar-refractivity contribution in [2.45, 2.75) is 6.54 Å². The number of aromatic hydroxyl groups is 1. The standard InChI is InChI=1S/C28H23N3O4/c32-26(19-35-21-11-2-1-3-12-21)29-30-27-23-14-6-7-15-24(23)31(28(27)33)17-18-34-25-16-8-10-20-9-4-5-13-22(20)25/h1-16,33H,17-19H2. The van der Waals surface area contributed by atoms with Crippen molar-refractivity contribution in [2.75, 3.05) is 13.2 Å². The van der Waals surface area contributed by atoms with Crippen LogP contribution in [0.4, 0.5) is 5.69 Å². The van der Waals surface area contributed by atoms with Gasteiger partial charge in [0.05, 0.1) is 12.1 Å². The number of carbonyl (C=O) groups is 1. The number of azo groups is 1. The average molecular weight is 466 g/mol. The predicted octanol–water partition coefficient (Wildman–Crippen LogP) is 6.27. The highest BCUT2D eigenvalue weighted by atomic mass is 16.5. The highest BCUT2D eigenvalue weighted by Gasteiger charge is 2.17. The molecule has 0 aliphatic carbocycles. The number of nitrogens with zero attached hydrogens (tertiary/aromatic N) is 3. The summed E-state index contributed by atoms with van der Waals surface area (Å²) < 4.78 is 13.2. The molecule has 35 heavy (non-hydrogen) atoms. The Kier molecular flexibility index (Phi) is 6.39. The lowest BCUT2D eigenvalue weighted by molar-refractivity contribution is -0.120. The van der Waals surface area contributed by atoms with E-state index in [1.165, 1.54) is 0 Å². The van der Waals surface area contributed by atoms with Crippen LogP contribution in [0.3, 0.4) is 0 Å². The summed E-state index contributed by atoms with van der Waals surface area (Å²) in [4.78, 5) is 12.2. The van der Waals surface area contributed by atoms with E-state index in [0.717, 1.165) is 22.0 Å². The van der Waals surface area contributed by atoms with Crippen LogP contribution in [0.5, 0.6) is 17.4 Å². The molecule has 1 heterocycles. The van der Waals surface area contributed by atoms with Crippen molar-refractivity contribution in [1.29, 1.82) is 0 Å². The first-order chi connectivity index (χ1) is 17.2. The van der Waals surface area contributed by atoms with Gasteiger partial charge in [0.2, 0.25) is 5.88 Å². The predicted molar refractivity (Wildman–Crippen MR) is 135 cm³/mol. The van der Waals surface area contributed by atoms with E-state index in [9.17, 15) is 9.90 Å². The number of rotatable bonds is 8. The van der Waals surface area contributed by atoms with Crippen LogP contribution in [-0.4, -0.2) is 28.8 Å². The van der Waals surface area contributed by atoms with Gasteiger partial charge in [-0.15, -0.1) is 10.2 Å². The van der Waals surface area contributed by atoms with E-state index in [-0.39, 0.29) is 18.2 Å². The Balaban J connectivity index is 1.32. The summed E-state index contributed by atoms with van der Waals surface area (Å²) in [5.41, 5.74) is 1.01. The maximum Gasteiger partial charge on any atom is 0.302 e. The van der Waals surface area contributed by atoms with Gasteiger partial charge in [-0.05, 0) is 29.7 Å².